The average Bonchev–Trinajstić information content (AvgIpc) is 2.88. The summed E-state index contributed by atoms with van der Waals surface area (Å²) in [6.07, 6.45) is 0. The van der Waals surface area contributed by atoms with Crippen molar-refractivity contribution in [3.63, 3.8) is 0 Å². The highest BCUT2D eigenvalue weighted by Crippen LogP contribution is 2.35. The summed E-state index contributed by atoms with van der Waals surface area (Å²) < 4.78 is 50.4. The highest BCUT2D eigenvalue weighted by Gasteiger charge is 2.24. The summed E-state index contributed by atoms with van der Waals surface area (Å²) in [4.78, 5) is 34.6. The average molecular weight is 750 g/mol. The molecule has 0 radical (unpaired) electrons. The van der Waals surface area contributed by atoms with Crippen molar-refractivity contribution in [2.75, 3.05) is 5.32 Å². The smallest absolute Gasteiger partial charge is 0.307 e. The van der Waals surface area contributed by atoms with E-state index in [0.29, 0.717) is 5.69 Å². The van der Waals surface area contributed by atoms with Crippen molar-refractivity contribution in [1.82, 2.24) is 4.72 Å². The summed E-state index contributed by atoms with van der Waals surface area (Å²) in [7, 11) is -8.17. The summed E-state index contributed by atoms with van der Waals surface area (Å²) in [5.41, 5.74) is 2.75. The fourth-order valence-electron chi connectivity index (χ4n) is 3.89. The van der Waals surface area contributed by atoms with Gasteiger partial charge < -0.3 is 5.32 Å². The Balaban J connectivity index is 0.000000402. The molecule has 0 saturated heterocycles. The first-order valence-corrected chi connectivity index (χ1v) is 17.5. The molecule has 3 aromatic rings. The molecule has 0 heterocycles. The van der Waals surface area contributed by atoms with Crippen LogP contribution < -0.4 is 15.2 Å². The van der Waals surface area contributed by atoms with Crippen LogP contribution in [0.2, 0.25) is 10.0 Å². The number of nitrogens with one attached hydrogen (secondary N) is 2. The van der Waals surface area contributed by atoms with Gasteiger partial charge in [0.15, 0.2) is 11.6 Å². The zero-order valence-electron chi connectivity index (χ0n) is 24.7. The minimum Gasteiger partial charge on any atom is -0.307 e. The first kappa shape index (κ1) is 37.4. The van der Waals surface area contributed by atoms with Crippen molar-refractivity contribution in [2.24, 2.45) is 5.14 Å². The maximum absolute atomic E-state index is 12.7. The molecule has 0 aliphatic heterocycles. The van der Waals surface area contributed by atoms with Crippen LogP contribution in [0, 0.1) is 0 Å². The van der Waals surface area contributed by atoms with Gasteiger partial charge in [0.1, 0.15) is 9.79 Å². The number of carbonyl (C=O) groups excluding carboxylic acids is 3. The van der Waals surface area contributed by atoms with Crippen LogP contribution >= 0.6 is 39.1 Å². The van der Waals surface area contributed by atoms with E-state index in [0.717, 1.165) is 21.7 Å². The van der Waals surface area contributed by atoms with Crippen LogP contribution in [-0.4, -0.2) is 34.4 Å². The Morgan fingerprint density at radius 3 is 1.55 bits per heavy atom. The monoisotopic (exact) mass is 747 g/mol. The number of hydrogen-bond acceptors (Lipinski definition) is 7. The van der Waals surface area contributed by atoms with Gasteiger partial charge in [0, 0.05) is 21.3 Å². The lowest BCUT2D eigenvalue weighted by molar-refractivity contribution is 0.100. The van der Waals surface area contributed by atoms with Gasteiger partial charge in [0.2, 0.25) is 10.0 Å². The van der Waals surface area contributed by atoms with Crippen molar-refractivity contribution < 1.29 is 31.2 Å². The lowest BCUT2D eigenvalue weighted by Crippen LogP contribution is -2.35. The Morgan fingerprint density at radius 1 is 0.750 bits per heavy atom. The topological polar surface area (TPSA) is 170 Å². The van der Waals surface area contributed by atoms with Crippen molar-refractivity contribution in [2.45, 2.75) is 63.2 Å². The molecule has 0 unspecified atom stereocenters. The molecule has 4 N–H and O–H groups in total. The number of sulfonamides is 2. The van der Waals surface area contributed by atoms with E-state index < -0.39 is 26.1 Å². The number of urea groups is 1. The Morgan fingerprint density at radius 2 is 1.16 bits per heavy atom. The molecule has 3 rings (SSSR count). The van der Waals surface area contributed by atoms with Crippen LogP contribution in [-0.2, 0) is 20.0 Å². The molecule has 2 amide bonds. The van der Waals surface area contributed by atoms with Gasteiger partial charge in [-0.05, 0) is 85.3 Å². The molecule has 15 heteroatoms. The number of ketones is 2. The zero-order valence-corrected chi connectivity index (χ0v) is 29.4. The highest BCUT2D eigenvalue weighted by molar-refractivity contribution is 9.10. The largest absolute Gasteiger partial charge is 0.333 e. The number of amides is 2. The maximum atomic E-state index is 12.7. The second-order valence-corrected chi connectivity index (χ2v) is 15.2. The fraction of sp³-hybridized carbons (Fsp3) is 0.276. The number of carbonyl (C=O) groups is 3. The molecule has 3 aromatic carbocycles. The molecule has 0 aliphatic carbocycles. The number of Topliss-reactive ketones (excluding diaryl/α,β-unsaturated/α-hetero) is 2. The third-order valence-corrected chi connectivity index (χ3v) is 9.81. The fourth-order valence-corrected chi connectivity index (χ4v) is 6.89. The van der Waals surface area contributed by atoms with E-state index in [9.17, 15) is 31.2 Å². The van der Waals surface area contributed by atoms with E-state index in [2.05, 4.69) is 21.2 Å². The van der Waals surface area contributed by atoms with Gasteiger partial charge in [-0.15, -0.1) is 0 Å². The Kier molecular flexibility index (Phi) is 12.7. The van der Waals surface area contributed by atoms with E-state index in [1.165, 1.54) is 44.2 Å². The van der Waals surface area contributed by atoms with Crippen molar-refractivity contribution in [1.29, 1.82) is 0 Å². The van der Waals surface area contributed by atoms with Gasteiger partial charge in [-0.3, -0.25) is 9.59 Å². The number of anilines is 1. The molecule has 0 bridgehead atoms. The molecule has 44 heavy (non-hydrogen) atoms. The van der Waals surface area contributed by atoms with Gasteiger partial charge in [0.25, 0.3) is 10.0 Å². The van der Waals surface area contributed by atoms with Gasteiger partial charge in [-0.25, -0.2) is 31.5 Å². The Bertz CT molecular complexity index is 1800. The van der Waals surface area contributed by atoms with Crippen LogP contribution in [0.5, 0.6) is 0 Å². The third-order valence-electron chi connectivity index (χ3n) is 6.15. The second kappa shape index (κ2) is 15.0. The summed E-state index contributed by atoms with van der Waals surface area (Å²) in [5, 5.41) is 7.52. The van der Waals surface area contributed by atoms with E-state index in [4.69, 9.17) is 28.3 Å². The minimum atomic E-state index is -4.30. The first-order chi connectivity index (χ1) is 20.1. The predicted octanol–water partition coefficient (Wildman–Crippen LogP) is 7.25. The lowest BCUT2D eigenvalue weighted by atomic mass is 9.93. The van der Waals surface area contributed by atoms with Crippen molar-refractivity contribution >= 4 is 82.5 Å². The molecule has 0 fully saturated rings. The predicted molar refractivity (Wildman–Crippen MR) is 176 cm³/mol. The normalized spacial score (nSPS) is 11.5. The van der Waals surface area contributed by atoms with E-state index in [1.807, 2.05) is 44.5 Å². The van der Waals surface area contributed by atoms with E-state index in [1.54, 1.807) is 0 Å². The van der Waals surface area contributed by atoms with Crippen LogP contribution in [0.3, 0.4) is 0 Å². The number of halogens is 3. The van der Waals surface area contributed by atoms with Crippen LogP contribution in [0.25, 0.3) is 0 Å². The van der Waals surface area contributed by atoms with Gasteiger partial charge in [0.05, 0.1) is 10.0 Å². The summed E-state index contributed by atoms with van der Waals surface area (Å²) >= 11 is 15.1. The molecule has 0 saturated carbocycles. The molecular formula is C29H32BrCl2N3O7S2. The molecule has 0 spiro atoms. The maximum Gasteiger partial charge on any atom is 0.333 e. The van der Waals surface area contributed by atoms with Crippen molar-refractivity contribution in [3.8, 4) is 0 Å². The zero-order chi connectivity index (χ0) is 33.7. The molecule has 0 atom stereocenters. The second-order valence-electron chi connectivity index (χ2n) is 10.3. The molecular weight excluding hydrogens is 717 g/mol. The Hall–Kier alpha value is -2.81. The standard InChI is InChI=1S/C21H24BrClN2O4S.C8H8ClNO3S/c1-11(2)16-9-15(22)10-17(12(3)4)20(16)24-21(27)25-30(28,29)19-8-14(13(5)26)6-7-18(19)23;1-5(11)6-2-3-7(9)8(4-6)14(10,12)13/h6-12H,1-5H3,(H2,24,25,27);2-4H,1H3,(H2,10,12,13). The number of primary sulfonamides is 1. The van der Waals surface area contributed by atoms with Crippen LogP contribution in [0.15, 0.2) is 62.8 Å². The quantitative estimate of drug-likeness (QED) is 0.204. The number of hydrogen-bond donors (Lipinski definition) is 3. The number of benzene rings is 3. The first-order valence-electron chi connectivity index (χ1n) is 13.0. The summed E-state index contributed by atoms with van der Waals surface area (Å²) in [6.45, 7) is 10.6. The number of nitrogens with two attached hydrogens (primary N) is 1. The highest BCUT2D eigenvalue weighted by atomic mass is 79.9. The van der Waals surface area contributed by atoms with E-state index in [-0.39, 0.29) is 54.4 Å². The van der Waals surface area contributed by atoms with Crippen LogP contribution in [0.1, 0.15) is 85.2 Å². The summed E-state index contributed by atoms with van der Waals surface area (Å²) in [6, 6.07) is 10.7. The van der Waals surface area contributed by atoms with E-state index >= 15 is 0 Å². The lowest BCUT2D eigenvalue weighted by Gasteiger charge is -2.21. The minimum absolute atomic E-state index is 0.0116. The number of rotatable bonds is 8. The Labute approximate surface area is 275 Å². The molecule has 0 aromatic heterocycles. The van der Waals surface area contributed by atoms with Crippen molar-refractivity contribution in [3.05, 3.63) is 85.3 Å². The van der Waals surface area contributed by atoms with Gasteiger partial charge >= 0.3 is 6.03 Å². The molecule has 238 valence electrons. The third kappa shape index (κ3) is 9.85. The molecule has 0 aliphatic rings. The van der Waals surface area contributed by atoms with Crippen LogP contribution in [0.4, 0.5) is 10.5 Å². The summed E-state index contributed by atoms with van der Waals surface area (Å²) in [5.74, 6) is -0.376. The van der Waals surface area contributed by atoms with Gasteiger partial charge in [-0.2, -0.15) is 0 Å². The molecule has 10 nitrogen and oxygen atoms in total. The van der Waals surface area contributed by atoms with Gasteiger partial charge in [-0.1, -0.05) is 66.8 Å². The SMILES string of the molecule is CC(=O)c1ccc(Cl)c(S(=O)(=O)NC(=O)Nc2c(C(C)C)cc(Br)cc2C(C)C)c1.CC(=O)c1ccc(Cl)c(S(N)(=O)=O)c1.